The molecule has 4 aromatic carbocycles. The Morgan fingerprint density at radius 1 is 0.550 bits per heavy atom. The van der Waals surface area contributed by atoms with Crippen molar-refractivity contribution >= 4 is 24.7 Å². The topological polar surface area (TPSA) is 71.1 Å². The zero-order chi connectivity index (χ0) is 28.2. The van der Waals surface area contributed by atoms with Crippen molar-refractivity contribution in [1.82, 2.24) is 0 Å². The van der Waals surface area contributed by atoms with Crippen molar-refractivity contribution in [3.63, 3.8) is 0 Å². The van der Waals surface area contributed by atoms with Crippen LogP contribution in [-0.2, 0) is 22.8 Å². The summed E-state index contributed by atoms with van der Waals surface area (Å²) in [6.07, 6.45) is 4.68. The summed E-state index contributed by atoms with van der Waals surface area (Å²) < 4.78 is 22.2. The number of carbonyl (C=O) groups excluding carboxylic acids is 2. The summed E-state index contributed by atoms with van der Waals surface area (Å²) in [5.74, 6) is 2.86. The second-order valence-electron chi connectivity index (χ2n) is 8.85. The number of hydrogen-bond acceptors (Lipinski definition) is 6. The van der Waals surface area contributed by atoms with E-state index in [1.165, 1.54) is 0 Å². The van der Waals surface area contributed by atoms with Gasteiger partial charge in [-0.05, 0) is 82.9 Å². The van der Waals surface area contributed by atoms with Crippen LogP contribution in [0.15, 0.2) is 108 Å². The average molecular weight is 535 g/mol. The molecule has 0 amide bonds. The summed E-state index contributed by atoms with van der Waals surface area (Å²) in [5, 5.41) is 0. The molecule has 0 aliphatic rings. The molecule has 0 aromatic heterocycles. The molecule has 4 rings (SSSR count). The largest absolute Gasteiger partial charge is 0.497 e. The first-order chi connectivity index (χ1) is 19.6. The third-order valence-corrected chi connectivity index (χ3v) is 6.08. The molecule has 0 fully saturated rings. The molecule has 0 aliphatic heterocycles. The lowest BCUT2D eigenvalue weighted by Crippen LogP contribution is -1.97. The monoisotopic (exact) mass is 534 g/mol. The van der Waals surface area contributed by atoms with Crippen LogP contribution in [0, 0.1) is 0 Å². The van der Waals surface area contributed by atoms with Gasteiger partial charge in [0.15, 0.2) is 12.6 Å². The number of rotatable bonds is 13. The van der Waals surface area contributed by atoms with Crippen molar-refractivity contribution in [2.75, 3.05) is 14.2 Å². The van der Waals surface area contributed by atoms with E-state index in [0.29, 0.717) is 37.3 Å². The highest BCUT2D eigenvalue weighted by molar-refractivity contribution is 6.02. The minimum atomic E-state index is 0.256. The predicted molar refractivity (Wildman–Crippen MR) is 156 cm³/mol. The molecule has 0 heterocycles. The van der Waals surface area contributed by atoms with Gasteiger partial charge in [-0.1, -0.05) is 48.5 Å². The summed E-state index contributed by atoms with van der Waals surface area (Å²) in [5.41, 5.74) is 3.98. The Morgan fingerprint density at radius 3 is 1.30 bits per heavy atom. The summed E-state index contributed by atoms with van der Waals surface area (Å²) in [7, 11) is 3.25. The SMILES string of the molecule is COc1ccc(COc2cccc(/C=C(C=O)/C(C=O)=C/c3cccc(OCc4ccc(OC)cc4)c3)c2)cc1. The summed E-state index contributed by atoms with van der Waals surface area (Å²) in [4.78, 5) is 24.0. The van der Waals surface area contributed by atoms with Crippen molar-refractivity contribution in [2.24, 2.45) is 0 Å². The third-order valence-electron chi connectivity index (χ3n) is 6.08. The van der Waals surface area contributed by atoms with Gasteiger partial charge in [0.05, 0.1) is 14.2 Å². The summed E-state index contributed by atoms with van der Waals surface area (Å²) >= 11 is 0. The van der Waals surface area contributed by atoms with Crippen molar-refractivity contribution in [2.45, 2.75) is 13.2 Å². The number of allylic oxidation sites excluding steroid dienone is 2. The molecule has 0 N–H and O–H groups in total. The molecule has 0 saturated carbocycles. The lowest BCUT2D eigenvalue weighted by atomic mass is 10.0. The lowest BCUT2D eigenvalue weighted by molar-refractivity contribution is -0.107. The van der Waals surface area contributed by atoms with E-state index in [0.717, 1.165) is 33.8 Å². The quantitative estimate of drug-likeness (QED) is 0.108. The molecule has 6 nitrogen and oxygen atoms in total. The van der Waals surface area contributed by atoms with Gasteiger partial charge in [-0.3, -0.25) is 9.59 Å². The van der Waals surface area contributed by atoms with Crippen LogP contribution in [0.5, 0.6) is 23.0 Å². The normalized spacial score (nSPS) is 11.4. The molecule has 0 spiro atoms. The zero-order valence-electron chi connectivity index (χ0n) is 22.4. The van der Waals surface area contributed by atoms with E-state index >= 15 is 0 Å². The molecule has 0 bridgehead atoms. The van der Waals surface area contributed by atoms with Crippen LogP contribution in [0.1, 0.15) is 22.3 Å². The maximum atomic E-state index is 12.0. The molecule has 202 valence electrons. The minimum absolute atomic E-state index is 0.256. The first kappa shape index (κ1) is 27.9. The van der Waals surface area contributed by atoms with Gasteiger partial charge < -0.3 is 18.9 Å². The molecule has 0 aliphatic carbocycles. The van der Waals surface area contributed by atoms with E-state index in [-0.39, 0.29) is 11.1 Å². The van der Waals surface area contributed by atoms with E-state index in [1.807, 2.05) is 97.1 Å². The fourth-order valence-corrected chi connectivity index (χ4v) is 3.89. The van der Waals surface area contributed by atoms with Crippen LogP contribution >= 0.6 is 0 Å². The molecule has 4 aromatic rings. The van der Waals surface area contributed by atoms with Gasteiger partial charge in [0.2, 0.25) is 0 Å². The number of methoxy groups -OCH3 is 2. The fourth-order valence-electron chi connectivity index (χ4n) is 3.89. The molecule has 40 heavy (non-hydrogen) atoms. The van der Waals surface area contributed by atoms with Crippen LogP contribution < -0.4 is 18.9 Å². The smallest absolute Gasteiger partial charge is 0.150 e. The Bertz CT molecular complexity index is 1370. The maximum Gasteiger partial charge on any atom is 0.150 e. The highest BCUT2D eigenvalue weighted by atomic mass is 16.5. The van der Waals surface area contributed by atoms with Crippen molar-refractivity contribution in [3.8, 4) is 23.0 Å². The number of aldehydes is 2. The van der Waals surface area contributed by atoms with Crippen LogP contribution in [-0.4, -0.2) is 26.8 Å². The van der Waals surface area contributed by atoms with Gasteiger partial charge in [0.25, 0.3) is 0 Å². The Morgan fingerprint density at radius 2 is 0.950 bits per heavy atom. The number of ether oxygens (including phenoxy) is 4. The van der Waals surface area contributed by atoms with Gasteiger partial charge in [-0.15, -0.1) is 0 Å². The second-order valence-corrected chi connectivity index (χ2v) is 8.85. The molecular weight excluding hydrogens is 504 g/mol. The van der Waals surface area contributed by atoms with E-state index < -0.39 is 0 Å². The number of carbonyl (C=O) groups is 2. The standard InChI is InChI=1S/C34H30O6/c1-37-31-13-9-25(10-14-31)23-39-33-7-3-5-27(19-33)17-29(21-35)30(22-36)18-28-6-4-8-34(20-28)40-24-26-11-15-32(38-2)16-12-26/h3-22H,23-24H2,1-2H3/b29-17+,30-18+. The van der Waals surface area contributed by atoms with Crippen molar-refractivity contribution in [3.05, 3.63) is 130 Å². The third kappa shape index (κ3) is 7.95. The zero-order valence-corrected chi connectivity index (χ0v) is 22.4. The molecular formula is C34H30O6. The van der Waals surface area contributed by atoms with Crippen molar-refractivity contribution < 1.29 is 28.5 Å². The highest BCUT2D eigenvalue weighted by Crippen LogP contribution is 2.23. The predicted octanol–water partition coefficient (Wildman–Crippen LogP) is 6.73. The second kappa shape index (κ2) is 14.2. The minimum Gasteiger partial charge on any atom is -0.497 e. The summed E-state index contributed by atoms with van der Waals surface area (Å²) in [6, 6.07) is 30.0. The van der Waals surface area contributed by atoms with E-state index in [9.17, 15) is 9.59 Å². The number of benzene rings is 4. The lowest BCUT2D eigenvalue weighted by Gasteiger charge is -2.09. The van der Waals surface area contributed by atoms with Gasteiger partial charge in [0.1, 0.15) is 36.2 Å². The first-order valence-corrected chi connectivity index (χ1v) is 12.7. The Hall–Kier alpha value is -5.10. The van der Waals surface area contributed by atoms with Crippen LogP contribution in [0.4, 0.5) is 0 Å². The molecule has 0 saturated heterocycles. The van der Waals surface area contributed by atoms with Gasteiger partial charge in [0, 0.05) is 11.1 Å². The van der Waals surface area contributed by atoms with Crippen LogP contribution in [0.2, 0.25) is 0 Å². The number of hydrogen-bond donors (Lipinski definition) is 0. The Balaban J connectivity index is 1.45. The van der Waals surface area contributed by atoms with Gasteiger partial charge in [-0.25, -0.2) is 0 Å². The van der Waals surface area contributed by atoms with Crippen LogP contribution in [0.3, 0.4) is 0 Å². The molecule has 0 radical (unpaired) electrons. The van der Waals surface area contributed by atoms with Gasteiger partial charge >= 0.3 is 0 Å². The highest BCUT2D eigenvalue weighted by Gasteiger charge is 2.07. The van der Waals surface area contributed by atoms with E-state index in [2.05, 4.69) is 0 Å². The van der Waals surface area contributed by atoms with Gasteiger partial charge in [-0.2, -0.15) is 0 Å². The van der Waals surface area contributed by atoms with Crippen LogP contribution in [0.25, 0.3) is 12.2 Å². The molecule has 0 unspecified atom stereocenters. The van der Waals surface area contributed by atoms with E-state index in [4.69, 9.17) is 18.9 Å². The fraction of sp³-hybridized carbons (Fsp3) is 0.118. The van der Waals surface area contributed by atoms with E-state index in [1.54, 1.807) is 26.4 Å². The Labute approximate surface area is 234 Å². The Kier molecular flexibility index (Phi) is 9.89. The summed E-state index contributed by atoms with van der Waals surface area (Å²) in [6.45, 7) is 0.766. The maximum absolute atomic E-state index is 12.0. The van der Waals surface area contributed by atoms with Crippen molar-refractivity contribution in [1.29, 1.82) is 0 Å². The molecule has 6 heteroatoms. The molecule has 0 atom stereocenters. The first-order valence-electron chi connectivity index (χ1n) is 12.7. The average Bonchev–Trinajstić information content (AvgIpc) is 3.01.